The molecular formula is C14H23NO3. The average Bonchev–Trinajstić information content (AvgIpc) is 2.22. The summed E-state index contributed by atoms with van der Waals surface area (Å²) in [5.41, 5.74) is -1.12. The number of carboxylic acids is 1. The molecule has 3 atom stereocenters. The van der Waals surface area contributed by atoms with Crippen LogP contribution in [0.1, 0.15) is 52.4 Å². The lowest BCUT2D eigenvalue weighted by molar-refractivity contribution is -0.162. The zero-order chi connectivity index (χ0) is 13.3. The summed E-state index contributed by atoms with van der Waals surface area (Å²) >= 11 is 0. The molecule has 0 saturated heterocycles. The Bertz CT molecular complexity index is 349. The molecule has 0 spiro atoms. The maximum absolute atomic E-state index is 12.2. The first-order valence-electron chi connectivity index (χ1n) is 7.02. The minimum atomic E-state index is -1.12. The molecule has 2 aliphatic rings. The van der Waals surface area contributed by atoms with Crippen molar-refractivity contribution in [2.75, 3.05) is 0 Å². The molecule has 4 nitrogen and oxygen atoms in total. The van der Waals surface area contributed by atoms with Crippen molar-refractivity contribution < 1.29 is 14.7 Å². The predicted octanol–water partition coefficient (Wildman–Crippen LogP) is 2.18. The lowest BCUT2D eigenvalue weighted by atomic mass is 9.67. The first kappa shape index (κ1) is 13.4. The Balaban J connectivity index is 2.00. The minimum absolute atomic E-state index is 0.151. The first-order chi connectivity index (χ1) is 8.47. The fraction of sp³-hybridized carbons (Fsp3) is 0.857. The summed E-state index contributed by atoms with van der Waals surface area (Å²) in [6, 6.07) is 0.151. The van der Waals surface area contributed by atoms with E-state index in [2.05, 4.69) is 19.2 Å². The number of aliphatic carboxylic acids is 1. The SMILES string of the molecule is CC1CCCC(NC(=O)C2(C(=O)O)CCC2)C1C. The van der Waals surface area contributed by atoms with Crippen molar-refractivity contribution in [1.82, 2.24) is 5.32 Å². The van der Waals surface area contributed by atoms with Crippen molar-refractivity contribution in [2.24, 2.45) is 17.3 Å². The number of nitrogens with one attached hydrogen (secondary N) is 1. The first-order valence-corrected chi connectivity index (χ1v) is 7.02. The molecule has 0 aliphatic heterocycles. The summed E-state index contributed by atoms with van der Waals surface area (Å²) in [4.78, 5) is 23.5. The molecule has 2 fully saturated rings. The van der Waals surface area contributed by atoms with Gasteiger partial charge in [0.2, 0.25) is 5.91 Å². The molecule has 18 heavy (non-hydrogen) atoms. The van der Waals surface area contributed by atoms with Crippen LogP contribution in [0.25, 0.3) is 0 Å². The van der Waals surface area contributed by atoms with E-state index >= 15 is 0 Å². The zero-order valence-corrected chi connectivity index (χ0v) is 11.2. The Hall–Kier alpha value is -1.06. The Morgan fingerprint density at radius 3 is 2.33 bits per heavy atom. The third-order valence-corrected chi connectivity index (χ3v) is 5.07. The number of rotatable bonds is 3. The summed E-state index contributed by atoms with van der Waals surface area (Å²) in [6.45, 7) is 4.36. The van der Waals surface area contributed by atoms with E-state index in [9.17, 15) is 14.7 Å². The molecule has 2 rings (SSSR count). The van der Waals surface area contributed by atoms with Gasteiger partial charge in [0.05, 0.1) is 0 Å². The van der Waals surface area contributed by atoms with E-state index in [0.29, 0.717) is 24.7 Å². The molecule has 102 valence electrons. The van der Waals surface area contributed by atoms with E-state index in [0.717, 1.165) is 19.3 Å². The van der Waals surface area contributed by atoms with Gasteiger partial charge in [0, 0.05) is 6.04 Å². The molecule has 0 aromatic carbocycles. The van der Waals surface area contributed by atoms with Gasteiger partial charge in [-0.3, -0.25) is 9.59 Å². The van der Waals surface area contributed by atoms with Gasteiger partial charge in [0.15, 0.2) is 0 Å². The third-order valence-electron chi connectivity index (χ3n) is 5.07. The second-order valence-corrected chi connectivity index (χ2v) is 6.09. The van der Waals surface area contributed by atoms with Crippen molar-refractivity contribution >= 4 is 11.9 Å². The molecule has 2 aliphatic carbocycles. The van der Waals surface area contributed by atoms with Crippen LogP contribution in [0.15, 0.2) is 0 Å². The fourth-order valence-electron chi connectivity index (χ4n) is 3.16. The largest absolute Gasteiger partial charge is 0.480 e. The van der Waals surface area contributed by atoms with Crippen LogP contribution in [-0.2, 0) is 9.59 Å². The molecule has 0 radical (unpaired) electrons. The van der Waals surface area contributed by atoms with Crippen LogP contribution in [0.2, 0.25) is 0 Å². The Morgan fingerprint density at radius 1 is 1.17 bits per heavy atom. The fourth-order valence-corrected chi connectivity index (χ4v) is 3.16. The van der Waals surface area contributed by atoms with Gasteiger partial charge >= 0.3 is 5.97 Å². The maximum atomic E-state index is 12.2. The highest BCUT2D eigenvalue weighted by Crippen LogP contribution is 2.42. The normalized spacial score (nSPS) is 34.4. The van der Waals surface area contributed by atoms with E-state index in [-0.39, 0.29) is 11.9 Å². The van der Waals surface area contributed by atoms with Crippen molar-refractivity contribution in [3.05, 3.63) is 0 Å². The smallest absolute Gasteiger partial charge is 0.319 e. The average molecular weight is 253 g/mol. The summed E-state index contributed by atoms with van der Waals surface area (Å²) in [5.74, 6) is -0.171. The lowest BCUT2D eigenvalue weighted by Gasteiger charge is -2.40. The van der Waals surface area contributed by atoms with Crippen LogP contribution >= 0.6 is 0 Å². The zero-order valence-electron chi connectivity index (χ0n) is 11.2. The molecule has 0 bridgehead atoms. The lowest BCUT2D eigenvalue weighted by Crippen LogP contribution is -2.55. The summed E-state index contributed by atoms with van der Waals surface area (Å²) < 4.78 is 0. The van der Waals surface area contributed by atoms with Gasteiger partial charge in [-0.2, -0.15) is 0 Å². The van der Waals surface area contributed by atoms with Crippen LogP contribution in [-0.4, -0.2) is 23.0 Å². The van der Waals surface area contributed by atoms with Gasteiger partial charge in [-0.05, 0) is 31.1 Å². The van der Waals surface area contributed by atoms with Crippen LogP contribution in [0, 0.1) is 17.3 Å². The highest BCUT2D eigenvalue weighted by atomic mass is 16.4. The molecule has 2 saturated carbocycles. The van der Waals surface area contributed by atoms with Crippen molar-refractivity contribution in [2.45, 2.75) is 58.4 Å². The molecule has 0 aromatic rings. The summed E-state index contributed by atoms with van der Waals surface area (Å²) in [6.07, 6.45) is 5.13. The van der Waals surface area contributed by atoms with Gasteiger partial charge in [-0.25, -0.2) is 0 Å². The molecule has 0 aromatic heterocycles. The Morgan fingerprint density at radius 2 is 1.83 bits per heavy atom. The second kappa shape index (κ2) is 4.90. The van der Waals surface area contributed by atoms with E-state index in [1.54, 1.807) is 0 Å². The van der Waals surface area contributed by atoms with E-state index in [1.165, 1.54) is 6.42 Å². The molecule has 0 heterocycles. The number of amides is 1. The Labute approximate surface area is 108 Å². The van der Waals surface area contributed by atoms with Gasteiger partial charge in [0.25, 0.3) is 0 Å². The van der Waals surface area contributed by atoms with Crippen LogP contribution in [0.3, 0.4) is 0 Å². The number of carbonyl (C=O) groups is 2. The minimum Gasteiger partial charge on any atom is -0.480 e. The van der Waals surface area contributed by atoms with Gasteiger partial charge in [-0.15, -0.1) is 0 Å². The van der Waals surface area contributed by atoms with Crippen molar-refractivity contribution in [1.29, 1.82) is 0 Å². The highest BCUT2D eigenvalue weighted by molar-refractivity contribution is 6.02. The second-order valence-electron chi connectivity index (χ2n) is 6.09. The maximum Gasteiger partial charge on any atom is 0.319 e. The van der Waals surface area contributed by atoms with Crippen molar-refractivity contribution in [3.8, 4) is 0 Å². The molecule has 1 amide bonds. The van der Waals surface area contributed by atoms with Gasteiger partial charge < -0.3 is 10.4 Å². The van der Waals surface area contributed by atoms with Crippen molar-refractivity contribution in [3.63, 3.8) is 0 Å². The number of carboxylic acid groups (broad SMARTS) is 1. The third kappa shape index (κ3) is 2.13. The van der Waals surface area contributed by atoms with Gasteiger partial charge in [-0.1, -0.05) is 33.1 Å². The van der Waals surface area contributed by atoms with Crippen LogP contribution < -0.4 is 5.32 Å². The summed E-state index contributed by atoms with van der Waals surface area (Å²) in [5, 5.41) is 12.2. The van der Waals surface area contributed by atoms with Crippen LogP contribution in [0.5, 0.6) is 0 Å². The number of hydrogen-bond donors (Lipinski definition) is 2. The number of carbonyl (C=O) groups excluding carboxylic acids is 1. The highest BCUT2D eigenvalue weighted by Gasteiger charge is 2.51. The number of hydrogen-bond acceptors (Lipinski definition) is 2. The molecule has 4 heteroatoms. The Kier molecular flexibility index (Phi) is 3.64. The van der Waals surface area contributed by atoms with E-state index in [4.69, 9.17) is 0 Å². The van der Waals surface area contributed by atoms with E-state index in [1.807, 2.05) is 0 Å². The monoisotopic (exact) mass is 253 g/mol. The molecular weight excluding hydrogens is 230 g/mol. The molecule has 2 N–H and O–H groups in total. The molecule has 3 unspecified atom stereocenters. The predicted molar refractivity (Wildman–Crippen MR) is 68.0 cm³/mol. The van der Waals surface area contributed by atoms with Crippen LogP contribution in [0.4, 0.5) is 0 Å². The van der Waals surface area contributed by atoms with E-state index < -0.39 is 11.4 Å². The van der Waals surface area contributed by atoms with Gasteiger partial charge in [0.1, 0.15) is 5.41 Å². The summed E-state index contributed by atoms with van der Waals surface area (Å²) in [7, 11) is 0. The topological polar surface area (TPSA) is 66.4 Å². The quantitative estimate of drug-likeness (QED) is 0.758. The standard InChI is InChI=1S/C14H23NO3/c1-9-5-3-6-11(10(9)2)15-12(16)14(13(17)18)7-4-8-14/h9-11H,3-8H2,1-2H3,(H,15,16)(H,17,18).